The molecule has 4 nitrogen and oxygen atoms in total. The van der Waals surface area contributed by atoms with Gasteiger partial charge >= 0.3 is 0 Å². The maximum Gasteiger partial charge on any atom is 0.272 e. The van der Waals surface area contributed by atoms with E-state index in [-0.39, 0.29) is 16.7 Å². The van der Waals surface area contributed by atoms with E-state index in [1.165, 1.54) is 6.07 Å². The van der Waals surface area contributed by atoms with E-state index in [1.54, 1.807) is 13.0 Å². The molecule has 0 saturated carbocycles. The van der Waals surface area contributed by atoms with Crippen molar-refractivity contribution in [3.63, 3.8) is 0 Å². The lowest BCUT2D eigenvalue weighted by Crippen LogP contribution is -2.08. The molecule has 0 bridgehead atoms. The average Bonchev–Trinajstić information content (AvgIpc) is 2.03. The Kier molecular flexibility index (Phi) is 2.63. The Morgan fingerprint density at radius 1 is 1.54 bits per heavy atom. The molecule has 1 aromatic rings. The van der Waals surface area contributed by atoms with Crippen LogP contribution in [0.3, 0.4) is 0 Å². The molecule has 0 aliphatic carbocycles. The fraction of sp³-hybridized carbons (Fsp3) is 0.333. The molecule has 0 saturated heterocycles. The van der Waals surface area contributed by atoms with Gasteiger partial charge in [0.25, 0.3) is 5.69 Å². The summed E-state index contributed by atoms with van der Waals surface area (Å²) in [7, 11) is 0. The third-order valence-electron chi connectivity index (χ3n) is 2.03. The predicted octanol–water partition coefficient (Wildman–Crippen LogP) is 1.92. The third kappa shape index (κ3) is 1.84. The van der Waals surface area contributed by atoms with Crippen molar-refractivity contribution >= 4 is 5.69 Å². The Labute approximate surface area is 76.5 Å². The Bertz CT molecular complexity index is 334. The molecule has 0 aliphatic rings. The van der Waals surface area contributed by atoms with Crippen molar-refractivity contribution in [1.82, 2.24) is 0 Å². The van der Waals surface area contributed by atoms with Crippen molar-refractivity contribution in [2.75, 3.05) is 0 Å². The summed E-state index contributed by atoms with van der Waals surface area (Å²) in [6.07, 6.45) is 0. The molecule has 0 heterocycles. The van der Waals surface area contributed by atoms with Gasteiger partial charge in [0, 0.05) is 17.7 Å². The lowest BCUT2D eigenvalue weighted by molar-refractivity contribution is -0.385. The monoisotopic (exact) mass is 180 g/mol. The Morgan fingerprint density at radius 3 is 2.62 bits per heavy atom. The first kappa shape index (κ1) is 9.67. The molecule has 0 radical (unpaired) electrons. The van der Waals surface area contributed by atoms with E-state index in [0.717, 1.165) is 5.56 Å². The minimum absolute atomic E-state index is 0.134. The van der Waals surface area contributed by atoms with Crippen LogP contribution in [0.2, 0.25) is 0 Å². The number of benzene rings is 1. The fourth-order valence-electron chi connectivity index (χ4n) is 1.33. The summed E-state index contributed by atoms with van der Waals surface area (Å²) in [6.45, 7) is 3.53. The quantitative estimate of drug-likeness (QED) is 0.558. The van der Waals surface area contributed by atoms with Gasteiger partial charge in [-0.1, -0.05) is 12.1 Å². The van der Waals surface area contributed by atoms with Crippen molar-refractivity contribution in [2.45, 2.75) is 19.9 Å². The number of rotatable bonds is 2. The molecule has 4 heteroatoms. The van der Waals surface area contributed by atoms with Crippen molar-refractivity contribution in [3.05, 3.63) is 39.4 Å². The number of hydrogen-bond donors (Lipinski definition) is 1. The summed E-state index contributed by atoms with van der Waals surface area (Å²) in [6, 6.07) is 4.79. The molecule has 1 rings (SSSR count). The van der Waals surface area contributed by atoms with Crippen LogP contribution in [0.4, 0.5) is 5.69 Å². The van der Waals surface area contributed by atoms with Gasteiger partial charge < -0.3 is 5.73 Å². The molecule has 0 fully saturated rings. The number of nitrogens with two attached hydrogens (primary N) is 1. The molecule has 0 aliphatic heterocycles. The van der Waals surface area contributed by atoms with E-state index in [1.807, 2.05) is 13.0 Å². The molecular formula is C9H12N2O2. The minimum atomic E-state index is -0.388. The molecule has 0 spiro atoms. The van der Waals surface area contributed by atoms with Gasteiger partial charge in [-0.05, 0) is 19.4 Å². The number of nitro groups is 1. The number of nitrogens with zero attached hydrogens (tertiary/aromatic N) is 1. The van der Waals surface area contributed by atoms with Gasteiger partial charge in [0.2, 0.25) is 0 Å². The van der Waals surface area contributed by atoms with E-state index < -0.39 is 0 Å². The summed E-state index contributed by atoms with van der Waals surface area (Å²) < 4.78 is 0. The molecule has 1 aromatic carbocycles. The highest BCUT2D eigenvalue weighted by molar-refractivity contribution is 5.45. The molecule has 1 atom stereocenters. The smallest absolute Gasteiger partial charge is 0.272 e. The van der Waals surface area contributed by atoms with Crippen molar-refractivity contribution in [2.24, 2.45) is 5.73 Å². The molecule has 2 N–H and O–H groups in total. The molecule has 0 amide bonds. The van der Waals surface area contributed by atoms with Gasteiger partial charge in [0.05, 0.1) is 4.92 Å². The zero-order chi connectivity index (χ0) is 10.0. The van der Waals surface area contributed by atoms with Gasteiger partial charge in [-0.2, -0.15) is 0 Å². The number of nitro benzene ring substituents is 1. The Morgan fingerprint density at radius 2 is 2.15 bits per heavy atom. The summed E-state index contributed by atoms with van der Waals surface area (Å²) in [5.74, 6) is 0. The zero-order valence-corrected chi connectivity index (χ0v) is 7.65. The largest absolute Gasteiger partial charge is 0.324 e. The van der Waals surface area contributed by atoms with E-state index in [0.29, 0.717) is 5.56 Å². The van der Waals surface area contributed by atoms with Gasteiger partial charge in [0.15, 0.2) is 0 Å². The van der Waals surface area contributed by atoms with Gasteiger partial charge in [0.1, 0.15) is 0 Å². The van der Waals surface area contributed by atoms with Gasteiger partial charge in [-0.15, -0.1) is 0 Å². The van der Waals surface area contributed by atoms with Crippen LogP contribution in [-0.2, 0) is 0 Å². The Hall–Kier alpha value is -1.42. The van der Waals surface area contributed by atoms with Crippen LogP contribution in [0.15, 0.2) is 18.2 Å². The van der Waals surface area contributed by atoms with Crippen LogP contribution in [0.5, 0.6) is 0 Å². The van der Waals surface area contributed by atoms with Gasteiger partial charge in [-0.25, -0.2) is 0 Å². The highest BCUT2D eigenvalue weighted by Gasteiger charge is 2.14. The summed E-state index contributed by atoms with van der Waals surface area (Å²) in [4.78, 5) is 10.2. The second-order valence-electron chi connectivity index (χ2n) is 3.04. The normalized spacial score (nSPS) is 12.5. The van der Waals surface area contributed by atoms with Crippen molar-refractivity contribution in [1.29, 1.82) is 0 Å². The maximum atomic E-state index is 10.6. The van der Waals surface area contributed by atoms with E-state index in [4.69, 9.17) is 5.73 Å². The lowest BCUT2D eigenvalue weighted by atomic mass is 10.0. The predicted molar refractivity (Wildman–Crippen MR) is 50.4 cm³/mol. The second kappa shape index (κ2) is 3.53. The van der Waals surface area contributed by atoms with Crippen LogP contribution < -0.4 is 5.73 Å². The van der Waals surface area contributed by atoms with Crippen LogP contribution in [0, 0.1) is 17.0 Å². The first-order valence-electron chi connectivity index (χ1n) is 4.03. The van der Waals surface area contributed by atoms with Crippen molar-refractivity contribution < 1.29 is 4.92 Å². The van der Waals surface area contributed by atoms with E-state index >= 15 is 0 Å². The number of hydrogen-bond acceptors (Lipinski definition) is 3. The highest BCUT2D eigenvalue weighted by atomic mass is 16.6. The van der Waals surface area contributed by atoms with Crippen LogP contribution in [0.25, 0.3) is 0 Å². The zero-order valence-electron chi connectivity index (χ0n) is 7.65. The molecule has 70 valence electrons. The fourth-order valence-corrected chi connectivity index (χ4v) is 1.33. The van der Waals surface area contributed by atoms with Crippen molar-refractivity contribution in [3.8, 4) is 0 Å². The Balaban J connectivity index is 3.26. The average molecular weight is 180 g/mol. The van der Waals surface area contributed by atoms with E-state index in [9.17, 15) is 10.1 Å². The topological polar surface area (TPSA) is 69.2 Å². The molecule has 0 aromatic heterocycles. The summed E-state index contributed by atoms with van der Waals surface area (Å²) in [5, 5.41) is 10.6. The van der Waals surface area contributed by atoms with Crippen LogP contribution >= 0.6 is 0 Å². The standard InChI is InChI=1S/C9H12N2O2/c1-6-8(7(2)10)4-3-5-9(6)11(12)13/h3-5,7H,10H2,1-2H3/t7-/m0/s1. The first-order chi connectivity index (χ1) is 6.04. The SMILES string of the molecule is Cc1c([C@H](C)N)cccc1[N+](=O)[O-]. The lowest BCUT2D eigenvalue weighted by Gasteiger charge is -2.08. The first-order valence-corrected chi connectivity index (χ1v) is 4.03. The highest BCUT2D eigenvalue weighted by Crippen LogP contribution is 2.24. The summed E-state index contributed by atoms with van der Waals surface area (Å²) in [5.41, 5.74) is 7.28. The van der Waals surface area contributed by atoms with Crippen LogP contribution in [0.1, 0.15) is 24.1 Å². The maximum absolute atomic E-state index is 10.6. The molecule has 0 unspecified atom stereocenters. The molecule has 13 heavy (non-hydrogen) atoms. The minimum Gasteiger partial charge on any atom is -0.324 e. The van der Waals surface area contributed by atoms with Crippen LogP contribution in [-0.4, -0.2) is 4.92 Å². The molecular weight excluding hydrogens is 168 g/mol. The third-order valence-corrected chi connectivity index (χ3v) is 2.03. The summed E-state index contributed by atoms with van der Waals surface area (Å²) >= 11 is 0. The van der Waals surface area contributed by atoms with E-state index in [2.05, 4.69) is 0 Å². The van der Waals surface area contributed by atoms with Gasteiger partial charge in [-0.3, -0.25) is 10.1 Å². The second-order valence-corrected chi connectivity index (χ2v) is 3.04.